The van der Waals surface area contributed by atoms with E-state index in [1.54, 1.807) is 16.8 Å². The standard InChI is InChI=1S/C16H10Cl2N2O2/c17-12-8-4-5-9-13(12)20-14(11-6-2-1-3-7-11)10-15(19-20)22-16(18)21/h1-10H. The van der Waals surface area contributed by atoms with Crippen LogP contribution in [0.25, 0.3) is 16.9 Å². The molecule has 2 aromatic carbocycles. The summed E-state index contributed by atoms with van der Waals surface area (Å²) < 4.78 is 6.49. The minimum absolute atomic E-state index is 0.110. The summed E-state index contributed by atoms with van der Waals surface area (Å²) in [6.45, 7) is 0. The number of carbonyl (C=O) groups excluding carboxylic acids is 1. The monoisotopic (exact) mass is 332 g/mol. The van der Waals surface area contributed by atoms with Crippen LogP contribution in [0.5, 0.6) is 5.88 Å². The van der Waals surface area contributed by atoms with Crippen molar-refractivity contribution in [2.45, 2.75) is 0 Å². The van der Waals surface area contributed by atoms with Gasteiger partial charge in [-0.1, -0.05) is 54.1 Å². The van der Waals surface area contributed by atoms with Crippen LogP contribution >= 0.6 is 23.2 Å². The molecule has 0 atom stereocenters. The second-order valence-corrected chi connectivity index (χ2v) is 5.15. The van der Waals surface area contributed by atoms with Crippen LogP contribution in [0.4, 0.5) is 4.79 Å². The summed E-state index contributed by atoms with van der Waals surface area (Å²) in [4.78, 5) is 10.9. The molecule has 0 fully saturated rings. The lowest BCUT2D eigenvalue weighted by molar-refractivity contribution is 0.223. The van der Waals surface area contributed by atoms with Gasteiger partial charge in [-0.2, -0.15) is 0 Å². The number of rotatable bonds is 3. The largest absolute Gasteiger partial charge is 0.410 e. The van der Waals surface area contributed by atoms with Gasteiger partial charge in [-0.05, 0) is 12.1 Å². The molecule has 0 radical (unpaired) electrons. The van der Waals surface area contributed by atoms with E-state index in [0.717, 1.165) is 11.3 Å². The van der Waals surface area contributed by atoms with Crippen molar-refractivity contribution >= 4 is 28.6 Å². The third kappa shape index (κ3) is 2.98. The second kappa shape index (κ2) is 6.22. The van der Waals surface area contributed by atoms with Crippen LogP contribution in [-0.2, 0) is 0 Å². The SMILES string of the molecule is O=C(Cl)Oc1cc(-c2ccccc2)n(-c2ccccc2Cl)n1. The van der Waals surface area contributed by atoms with Crippen LogP contribution < -0.4 is 4.74 Å². The average Bonchev–Trinajstić information content (AvgIpc) is 2.91. The number of aromatic nitrogens is 2. The fraction of sp³-hybridized carbons (Fsp3) is 0. The van der Waals surface area contributed by atoms with Crippen molar-refractivity contribution in [3.63, 3.8) is 0 Å². The molecule has 0 bridgehead atoms. The zero-order valence-electron chi connectivity index (χ0n) is 11.2. The van der Waals surface area contributed by atoms with Gasteiger partial charge in [0.15, 0.2) is 0 Å². The molecule has 3 aromatic rings. The molecule has 110 valence electrons. The van der Waals surface area contributed by atoms with Crippen molar-refractivity contribution in [3.8, 4) is 22.8 Å². The smallest absolute Gasteiger partial charge is 0.394 e. The Balaban J connectivity index is 2.17. The molecule has 0 aliphatic heterocycles. The van der Waals surface area contributed by atoms with Gasteiger partial charge in [0, 0.05) is 23.2 Å². The highest BCUT2D eigenvalue weighted by Gasteiger charge is 2.15. The van der Waals surface area contributed by atoms with Gasteiger partial charge in [-0.15, -0.1) is 5.10 Å². The third-order valence-electron chi connectivity index (χ3n) is 3.02. The van der Waals surface area contributed by atoms with E-state index >= 15 is 0 Å². The third-order valence-corrected chi connectivity index (χ3v) is 3.42. The summed E-state index contributed by atoms with van der Waals surface area (Å²) in [5.41, 5.74) is 1.39. The van der Waals surface area contributed by atoms with Crippen molar-refractivity contribution in [1.29, 1.82) is 0 Å². The maximum absolute atomic E-state index is 10.9. The highest BCUT2D eigenvalue weighted by molar-refractivity contribution is 6.61. The number of carbonyl (C=O) groups is 1. The number of nitrogens with zero attached hydrogens (tertiary/aromatic N) is 2. The molecule has 0 saturated carbocycles. The molecular weight excluding hydrogens is 323 g/mol. The summed E-state index contributed by atoms with van der Waals surface area (Å²) >= 11 is 11.5. The van der Waals surface area contributed by atoms with E-state index in [-0.39, 0.29) is 5.88 Å². The van der Waals surface area contributed by atoms with Crippen LogP contribution in [0.1, 0.15) is 0 Å². The molecule has 22 heavy (non-hydrogen) atoms. The Morgan fingerprint density at radius 3 is 2.41 bits per heavy atom. The number of para-hydroxylation sites is 1. The Bertz CT molecular complexity index is 816. The van der Waals surface area contributed by atoms with Crippen molar-refractivity contribution in [1.82, 2.24) is 9.78 Å². The van der Waals surface area contributed by atoms with E-state index in [1.807, 2.05) is 48.5 Å². The zero-order valence-corrected chi connectivity index (χ0v) is 12.8. The van der Waals surface area contributed by atoms with Crippen molar-refractivity contribution in [2.75, 3.05) is 0 Å². The van der Waals surface area contributed by atoms with Gasteiger partial charge in [0.05, 0.1) is 16.4 Å². The average molecular weight is 333 g/mol. The number of hydrogen-bond donors (Lipinski definition) is 0. The number of halogens is 2. The van der Waals surface area contributed by atoms with Crippen LogP contribution in [0.3, 0.4) is 0 Å². The molecule has 0 saturated heterocycles. The Hall–Kier alpha value is -2.30. The molecule has 0 N–H and O–H groups in total. The van der Waals surface area contributed by atoms with Crippen LogP contribution in [0.15, 0.2) is 60.7 Å². The number of benzene rings is 2. The van der Waals surface area contributed by atoms with E-state index in [1.165, 1.54) is 0 Å². The van der Waals surface area contributed by atoms with Crippen LogP contribution in [0.2, 0.25) is 5.02 Å². The minimum atomic E-state index is -0.941. The molecule has 3 rings (SSSR count). The molecule has 0 amide bonds. The number of hydrogen-bond acceptors (Lipinski definition) is 3. The fourth-order valence-electron chi connectivity index (χ4n) is 2.11. The van der Waals surface area contributed by atoms with E-state index < -0.39 is 5.43 Å². The molecule has 0 aliphatic carbocycles. The van der Waals surface area contributed by atoms with Crippen molar-refractivity contribution < 1.29 is 9.53 Å². The molecule has 0 unspecified atom stereocenters. The lowest BCUT2D eigenvalue weighted by atomic mass is 10.1. The first-order valence-corrected chi connectivity index (χ1v) is 7.18. The summed E-state index contributed by atoms with van der Waals surface area (Å²) in [6, 6.07) is 18.5. The molecular formula is C16H10Cl2N2O2. The molecule has 1 heterocycles. The fourth-order valence-corrected chi connectivity index (χ4v) is 2.41. The summed E-state index contributed by atoms with van der Waals surface area (Å²) in [5.74, 6) is 0.110. The highest BCUT2D eigenvalue weighted by Crippen LogP contribution is 2.30. The quantitative estimate of drug-likeness (QED) is 0.638. The molecule has 0 aliphatic rings. The van der Waals surface area contributed by atoms with Gasteiger partial charge in [-0.3, -0.25) is 0 Å². The Kier molecular flexibility index (Phi) is 4.13. The summed E-state index contributed by atoms with van der Waals surface area (Å²) in [6.07, 6.45) is 0. The van der Waals surface area contributed by atoms with E-state index in [0.29, 0.717) is 10.7 Å². The number of ether oxygens (including phenoxy) is 1. The van der Waals surface area contributed by atoms with Gasteiger partial charge in [0.1, 0.15) is 0 Å². The lowest BCUT2D eigenvalue weighted by Gasteiger charge is -2.08. The minimum Gasteiger partial charge on any atom is -0.394 e. The Morgan fingerprint density at radius 1 is 1.05 bits per heavy atom. The second-order valence-electron chi connectivity index (χ2n) is 4.44. The van der Waals surface area contributed by atoms with Crippen molar-refractivity contribution in [3.05, 3.63) is 65.7 Å². The first-order chi connectivity index (χ1) is 10.6. The van der Waals surface area contributed by atoms with Gasteiger partial charge in [0.25, 0.3) is 0 Å². The normalized spacial score (nSPS) is 10.5. The highest BCUT2D eigenvalue weighted by atomic mass is 35.5. The summed E-state index contributed by atoms with van der Waals surface area (Å²) in [5, 5.41) is 4.80. The Labute approximate surface area is 136 Å². The van der Waals surface area contributed by atoms with Gasteiger partial charge >= 0.3 is 5.43 Å². The molecule has 4 nitrogen and oxygen atoms in total. The van der Waals surface area contributed by atoms with Crippen molar-refractivity contribution in [2.24, 2.45) is 0 Å². The first-order valence-electron chi connectivity index (χ1n) is 6.43. The van der Waals surface area contributed by atoms with Crippen LogP contribution in [-0.4, -0.2) is 15.2 Å². The maximum Gasteiger partial charge on any atom is 0.410 e. The predicted octanol–water partition coefficient (Wildman–Crippen LogP) is 4.93. The van der Waals surface area contributed by atoms with Crippen LogP contribution in [0, 0.1) is 0 Å². The first kappa shape index (κ1) is 14.6. The maximum atomic E-state index is 10.9. The zero-order chi connectivity index (χ0) is 15.5. The molecule has 6 heteroatoms. The predicted molar refractivity (Wildman–Crippen MR) is 85.9 cm³/mol. The Morgan fingerprint density at radius 2 is 1.73 bits per heavy atom. The van der Waals surface area contributed by atoms with Gasteiger partial charge in [-0.25, -0.2) is 9.48 Å². The topological polar surface area (TPSA) is 44.1 Å². The van der Waals surface area contributed by atoms with E-state index in [4.69, 9.17) is 27.9 Å². The molecule has 1 aromatic heterocycles. The van der Waals surface area contributed by atoms with Gasteiger partial charge in [0.2, 0.25) is 5.88 Å². The van der Waals surface area contributed by atoms with Gasteiger partial charge < -0.3 is 4.74 Å². The molecule has 0 spiro atoms. The summed E-state index contributed by atoms with van der Waals surface area (Å²) in [7, 11) is 0. The lowest BCUT2D eigenvalue weighted by Crippen LogP contribution is -2.01. The van der Waals surface area contributed by atoms with E-state index in [2.05, 4.69) is 5.10 Å². The van der Waals surface area contributed by atoms with E-state index in [9.17, 15) is 4.79 Å².